The molecule has 4 rings (SSSR count). The van der Waals surface area contributed by atoms with Crippen LogP contribution in [0.25, 0.3) is 0 Å². The van der Waals surface area contributed by atoms with Crippen molar-refractivity contribution in [2.45, 2.75) is 19.8 Å². The summed E-state index contributed by atoms with van der Waals surface area (Å²) >= 11 is 3.48. The molecule has 128 valence electrons. The maximum atomic E-state index is 13.0. The lowest BCUT2D eigenvalue weighted by Crippen LogP contribution is -2.36. The minimum Gasteiger partial charge on any atom is -0.312 e. The van der Waals surface area contributed by atoms with Gasteiger partial charge >= 0.3 is 0 Å². The fraction of sp³-hybridized carbons (Fsp3) is 0.316. The predicted molar refractivity (Wildman–Crippen MR) is 99.6 cm³/mol. The van der Waals surface area contributed by atoms with Crippen LogP contribution in [0, 0.1) is 12.8 Å². The first kappa shape index (κ1) is 16.3. The Kier molecular flexibility index (Phi) is 4.07. The van der Waals surface area contributed by atoms with E-state index >= 15 is 0 Å². The van der Waals surface area contributed by atoms with Crippen LogP contribution in [0.1, 0.15) is 17.5 Å². The number of fused-ring (bicyclic) bond motifs is 1. The van der Waals surface area contributed by atoms with E-state index in [0.29, 0.717) is 13.1 Å². The van der Waals surface area contributed by atoms with Crippen molar-refractivity contribution in [2.75, 3.05) is 22.9 Å². The average Bonchev–Trinajstić information content (AvgIpc) is 3.20. The topological polar surface area (TPSA) is 53.5 Å². The van der Waals surface area contributed by atoms with E-state index in [1.165, 1.54) is 0 Å². The van der Waals surface area contributed by atoms with Gasteiger partial charge < -0.3 is 9.80 Å². The number of hydrogen-bond acceptors (Lipinski definition) is 3. The molecule has 1 aromatic carbocycles. The largest absolute Gasteiger partial charge is 0.312 e. The number of nitrogens with zero attached hydrogens (tertiary/aromatic N) is 3. The number of rotatable bonds is 2. The zero-order chi connectivity index (χ0) is 17.6. The first-order chi connectivity index (χ1) is 12.0. The van der Waals surface area contributed by atoms with Gasteiger partial charge in [-0.05, 0) is 48.7 Å². The maximum absolute atomic E-state index is 13.0. The van der Waals surface area contributed by atoms with Gasteiger partial charge in [0.15, 0.2) is 0 Å². The van der Waals surface area contributed by atoms with Crippen LogP contribution in [-0.2, 0) is 16.0 Å². The summed E-state index contributed by atoms with van der Waals surface area (Å²) in [5.41, 5.74) is 3.96. The highest BCUT2D eigenvalue weighted by Crippen LogP contribution is 2.33. The highest BCUT2D eigenvalue weighted by atomic mass is 79.9. The molecule has 0 radical (unpaired) electrons. The number of pyridine rings is 1. The van der Waals surface area contributed by atoms with Crippen molar-refractivity contribution in [1.29, 1.82) is 0 Å². The minimum atomic E-state index is -0.296. The van der Waals surface area contributed by atoms with E-state index in [1.54, 1.807) is 11.1 Å². The Hall–Kier alpha value is -2.21. The van der Waals surface area contributed by atoms with Gasteiger partial charge in [0.05, 0.1) is 5.92 Å². The van der Waals surface area contributed by atoms with Crippen LogP contribution < -0.4 is 9.80 Å². The molecule has 1 fully saturated rings. The highest BCUT2D eigenvalue weighted by molar-refractivity contribution is 9.10. The molecule has 3 heterocycles. The Balaban J connectivity index is 1.54. The van der Waals surface area contributed by atoms with Crippen LogP contribution >= 0.6 is 15.9 Å². The Bertz CT molecular complexity index is 867. The van der Waals surface area contributed by atoms with Crippen LogP contribution in [0.3, 0.4) is 0 Å². The van der Waals surface area contributed by atoms with E-state index in [1.807, 2.05) is 42.3 Å². The van der Waals surface area contributed by atoms with Crippen LogP contribution in [0.4, 0.5) is 11.4 Å². The zero-order valence-electron chi connectivity index (χ0n) is 13.9. The summed E-state index contributed by atoms with van der Waals surface area (Å²) in [5, 5.41) is 0. The van der Waals surface area contributed by atoms with Crippen molar-refractivity contribution >= 4 is 39.1 Å². The molecule has 6 heteroatoms. The molecule has 25 heavy (non-hydrogen) atoms. The van der Waals surface area contributed by atoms with E-state index < -0.39 is 0 Å². The predicted octanol–water partition coefficient (Wildman–Crippen LogP) is 3.09. The molecule has 1 atom stereocenters. The van der Waals surface area contributed by atoms with E-state index in [9.17, 15) is 9.59 Å². The third-order valence-electron chi connectivity index (χ3n) is 4.97. The molecule has 0 saturated carbocycles. The van der Waals surface area contributed by atoms with Gasteiger partial charge in [-0.3, -0.25) is 14.6 Å². The third-order valence-corrected chi connectivity index (χ3v) is 5.86. The number of aryl methyl sites for hydroxylation is 1. The number of carbonyl (C=O) groups is 2. The van der Waals surface area contributed by atoms with Gasteiger partial charge in [-0.1, -0.05) is 15.9 Å². The molecule has 0 bridgehead atoms. The molecule has 1 saturated heterocycles. The van der Waals surface area contributed by atoms with Crippen molar-refractivity contribution < 1.29 is 9.59 Å². The van der Waals surface area contributed by atoms with E-state index in [4.69, 9.17) is 0 Å². The quantitative estimate of drug-likeness (QED) is 0.779. The fourth-order valence-electron chi connectivity index (χ4n) is 3.60. The molecule has 1 aromatic heterocycles. The number of aromatic nitrogens is 1. The molecular weight excluding hydrogens is 382 g/mol. The molecule has 0 aliphatic carbocycles. The summed E-state index contributed by atoms with van der Waals surface area (Å²) in [4.78, 5) is 33.1. The van der Waals surface area contributed by atoms with Crippen molar-refractivity contribution in [1.82, 2.24) is 4.98 Å². The SMILES string of the molecule is Cc1cc(N2C[C@H](C(=O)N3CCc4cnccc43)CC2=O)ccc1Br. The molecule has 2 aliphatic heterocycles. The molecule has 2 aromatic rings. The Morgan fingerprint density at radius 2 is 2.16 bits per heavy atom. The van der Waals surface area contributed by atoms with E-state index in [-0.39, 0.29) is 24.2 Å². The smallest absolute Gasteiger partial charge is 0.232 e. The normalized spacial score (nSPS) is 19.4. The second-order valence-corrected chi connectivity index (χ2v) is 7.44. The van der Waals surface area contributed by atoms with E-state index in [2.05, 4.69) is 20.9 Å². The van der Waals surface area contributed by atoms with Crippen LogP contribution in [0.2, 0.25) is 0 Å². The maximum Gasteiger partial charge on any atom is 0.232 e. The fourth-order valence-corrected chi connectivity index (χ4v) is 3.84. The van der Waals surface area contributed by atoms with Gasteiger partial charge in [0, 0.05) is 47.8 Å². The number of anilines is 2. The summed E-state index contributed by atoms with van der Waals surface area (Å²) in [6.45, 7) is 3.10. The first-order valence-corrected chi connectivity index (χ1v) is 9.14. The first-order valence-electron chi connectivity index (χ1n) is 8.35. The monoisotopic (exact) mass is 399 g/mol. The van der Waals surface area contributed by atoms with E-state index in [0.717, 1.165) is 33.4 Å². The number of hydrogen-bond donors (Lipinski definition) is 0. The van der Waals surface area contributed by atoms with Gasteiger partial charge in [-0.25, -0.2) is 0 Å². The second-order valence-electron chi connectivity index (χ2n) is 6.58. The standard InChI is InChI=1S/C19H18BrN3O2/c1-12-8-15(2-3-16(12)20)23-11-14(9-18(23)24)19(25)22-7-5-13-10-21-6-4-17(13)22/h2-4,6,8,10,14H,5,7,9,11H2,1H3/t14-/m1/s1. The van der Waals surface area contributed by atoms with Crippen LogP contribution in [0.15, 0.2) is 41.1 Å². The lowest BCUT2D eigenvalue weighted by atomic mass is 10.1. The highest BCUT2D eigenvalue weighted by Gasteiger charge is 2.39. The van der Waals surface area contributed by atoms with Crippen molar-refractivity contribution in [3.8, 4) is 0 Å². The van der Waals surface area contributed by atoms with Gasteiger partial charge in [0.1, 0.15) is 0 Å². The summed E-state index contributed by atoms with van der Waals surface area (Å²) < 4.78 is 1.01. The minimum absolute atomic E-state index is 0.00854. The Labute approximate surface area is 154 Å². The summed E-state index contributed by atoms with van der Waals surface area (Å²) in [6, 6.07) is 7.72. The summed E-state index contributed by atoms with van der Waals surface area (Å²) in [6.07, 6.45) is 4.62. The molecular formula is C19H18BrN3O2. The average molecular weight is 400 g/mol. The molecule has 2 amide bonds. The van der Waals surface area contributed by atoms with Crippen molar-refractivity contribution in [2.24, 2.45) is 5.92 Å². The van der Waals surface area contributed by atoms with Crippen molar-refractivity contribution in [3.05, 3.63) is 52.3 Å². The Morgan fingerprint density at radius 3 is 2.96 bits per heavy atom. The van der Waals surface area contributed by atoms with Gasteiger partial charge in [-0.15, -0.1) is 0 Å². The Morgan fingerprint density at radius 1 is 1.32 bits per heavy atom. The molecule has 0 unspecified atom stereocenters. The number of halogens is 1. The van der Waals surface area contributed by atoms with Crippen LogP contribution in [-0.4, -0.2) is 29.9 Å². The molecule has 2 aliphatic rings. The third kappa shape index (κ3) is 2.84. The molecule has 5 nitrogen and oxygen atoms in total. The van der Waals surface area contributed by atoms with Crippen LogP contribution in [0.5, 0.6) is 0 Å². The van der Waals surface area contributed by atoms with Crippen molar-refractivity contribution in [3.63, 3.8) is 0 Å². The summed E-state index contributed by atoms with van der Waals surface area (Å²) in [7, 11) is 0. The zero-order valence-corrected chi connectivity index (χ0v) is 15.5. The number of carbonyl (C=O) groups excluding carboxylic acids is 2. The molecule has 0 N–H and O–H groups in total. The lowest BCUT2D eigenvalue weighted by molar-refractivity contribution is -0.124. The summed E-state index contributed by atoms with van der Waals surface area (Å²) in [5.74, 6) is -0.251. The lowest BCUT2D eigenvalue weighted by Gasteiger charge is -2.22. The number of benzene rings is 1. The van der Waals surface area contributed by atoms with Gasteiger partial charge in [-0.2, -0.15) is 0 Å². The molecule has 0 spiro atoms. The number of amides is 2. The second kappa shape index (κ2) is 6.26. The van der Waals surface area contributed by atoms with Gasteiger partial charge in [0.2, 0.25) is 11.8 Å². The van der Waals surface area contributed by atoms with Gasteiger partial charge in [0.25, 0.3) is 0 Å².